The number of carboxylic acids is 1. The number of nitrogens with one attached hydrogen (secondary N) is 1. The molecule has 0 saturated carbocycles. The van der Waals surface area contributed by atoms with Gasteiger partial charge in [0.1, 0.15) is 6.04 Å². The van der Waals surface area contributed by atoms with Crippen molar-refractivity contribution in [2.45, 2.75) is 52.6 Å². The van der Waals surface area contributed by atoms with Crippen molar-refractivity contribution in [1.82, 2.24) is 5.32 Å². The third-order valence-electron chi connectivity index (χ3n) is 2.02. The lowest BCUT2D eigenvalue weighted by atomic mass is 10.0. The standard InChI is InChI=1S/C10H21NO2/c1-5-9(10(12)13)11-8(4)6-7(2)3/h7-9,11H,5-6H2,1-4H3,(H,12,13). The molecular formula is C10H21NO2. The second-order valence-corrected chi connectivity index (χ2v) is 4.00. The second kappa shape index (κ2) is 5.97. The Kier molecular flexibility index (Phi) is 5.71. The van der Waals surface area contributed by atoms with Crippen molar-refractivity contribution in [1.29, 1.82) is 0 Å². The molecule has 0 saturated heterocycles. The Hall–Kier alpha value is -0.570. The highest BCUT2D eigenvalue weighted by Crippen LogP contribution is 2.05. The van der Waals surface area contributed by atoms with Crippen LogP contribution in [0.25, 0.3) is 0 Å². The monoisotopic (exact) mass is 187 g/mol. The van der Waals surface area contributed by atoms with Crippen LogP contribution in [0.5, 0.6) is 0 Å². The van der Waals surface area contributed by atoms with Crippen molar-refractivity contribution in [2.24, 2.45) is 5.92 Å². The summed E-state index contributed by atoms with van der Waals surface area (Å²) in [5.74, 6) is -0.146. The highest BCUT2D eigenvalue weighted by atomic mass is 16.4. The Morgan fingerprint density at radius 1 is 1.38 bits per heavy atom. The average Bonchev–Trinajstić information content (AvgIpc) is 1.98. The lowest BCUT2D eigenvalue weighted by molar-refractivity contribution is -0.139. The summed E-state index contributed by atoms with van der Waals surface area (Å²) in [6.07, 6.45) is 1.65. The lowest BCUT2D eigenvalue weighted by Gasteiger charge is -2.20. The van der Waals surface area contributed by atoms with Gasteiger partial charge in [-0.15, -0.1) is 0 Å². The molecule has 2 unspecified atom stereocenters. The van der Waals surface area contributed by atoms with Crippen molar-refractivity contribution in [2.75, 3.05) is 0 Å². The molecule has 3 heteroatoms. The molecule has 0 aromatic heterocycles. The minimum atomic E-state index is -0.752. The first-order valence-corrected chi connectivity index (χ1v) is 4.96. The number of aliphatic carboxylic acids is 1. The van der Waals surface area contributed by atoms with Gasteiger partial charge in [0.2, 0.25) is 0 Å². The van der Waals surface area contributed by atoms with E-state index >= 15 is 0 Å². The average molecular weight is 187 g/mol. The van der Waals surface area contributed by atoms with Crippen LogP contribution < -0.4 is 5.32 Å². The van der Waals surface area contributed by atoms with Gasteiger partial charge in [-0.3, -0.25) is 4.79 Å². The SMILES string of the molecule is CCC(NC(C)CC(C)C)C(=O)O. The van der Waals surface area contributed by atoms with Crippen LogP contribution in [0.4, 0.5) is 0 Å². The van der Waals surface area contributed by atoms with Gasteiger partial charge < -0.3 is 10.4 Å². The van der Waals surface area contributed by atoms with E-state index in [0.717, 1.165) is 6.42 Å². The molecule has 0 fully saturated rings. The summed E-state index contributed by atoms with van der Waals surface area (Å²) in [4.78, 5) is 10.7. The predicted octanol–water partition coefficient (Wildman–Crippen LogP) is 1.87. The topological polar surface area (TPSA) is 49.3 Å². The Morgan fingerprint density at radius 2 is 1.92 bits per heavy atom. The molecule has 0 aromatic rings. The molecular weight excluding hydrogens is 166 g/mol. The first-order valence-electron chi connectivity index (χ1n) is 4.96. The molecule has 0 rings (SSSR count). The molecule has 0 spiro atoms. The maximum atomic E-state index is 10.7. The van der Waals surface area contributed by atoms with Crippen LogP contribution in [-0.4, -0.2) is 23.2 Å². The third kappa shape index (κ3) is 5.64. The van der Waals surface area contributed by atoms with Gasteiger partial charge in [0, 0.05) is 6.04 Å². The molecule has 2 N–H and O–H groups in total. The van der Waals surface area contributed by atoms with E-state index in [2.05, 4.69) is 19.2 Å². The summed E-state index contributed by atoms with van der Waals surface area (Å²) in [5.41, 5.74) is 0. The van der Waals surface area contributed by atoms with Crippen LogP contribution in [0.2, 0.25) is 0 Å². The van der Waals surface area contributed by atoms with Gasteiger partial charge in [-0.2, -0.15) is 0 Å². The molecule has 0 aromatic carbocycles. The quantitative estimate of drug-likeness (QED) is 0.667. The normalized spacial score (nSPS) is 15.8. The van der Waals surface area contributed by atoms with Crippen LogP contribution in [0.15, 0.2) is 0 Å². The van der Waals surface area contributed by atoms with E-state index in [4.69, 9.17) is 5.11 Å². The zero-order chi connectivity index (χ0) is 10.4. The van der Waals surface area contributed by atoms with Crippen molar-refractivity contribution in [3.8, 4) is 0 Å². The fourth-order valence-corrected chi connectivity index (χ4v) is 1.48. The summed E-state index contributed by atoms with van der Waals surface area (Å²) in [5, 5.41) is 11.9. The van der Waals surface area contributed by atoms with Crippen LogP contribution in [0.3, 0.4) is 0 Å². The molecule has 0 bridgehead atoms. The van der Waals surface area contributed by atoms with Crippen molar-refractivity contribution in [3.63, 3.8) is 0 Å². The van der Waals surface area contributed by atoms with Crippen LogP contribution in [0.1, 0.15) is 40.5 Å². The van der Waals surface area contributed by atoms with E-state index < -0.39 is 12.0 Å². The van der Waals surface area contributed by atoms with Gasteiger partial charge in [0.15, 0.2) is 0 Å². The number of hydrogen-bond acceptors (Lipinski definition) is 2. The fraction of sp³-hybridized carbons (Fsp3) is 0.900. The maximum Gasteiger partial charge on any atom is 0.320 e. The number of rotatable bonds is 6. The zero-order valence-electron chi connectivity index (χ0n) is 9.00. The van der Waals surface area contributed by atoms with E-state index in [-0.39, 0.29) is 6.04 Å². The Morgan fingerprint density at radius 3 is 2.23 bits per heavy atom. The van der Waals surface area contributed by atoms with Crippen LogP contribution >= 0.6 is 0 Å². The predicted molar refractivity (Wildman–Crippen MR) is 53.8 cm³/mol. The van der Waals surface area contributed by atoms with Crippen LogP contribution in [-0.2, 0) is 4.79 Å². The van der Waals surface area contributed by atoms with Crippen LogP contribution in [0, 0.1) is 5.92 Å². The first kappa shape index (κ1) is 12.4. The second-order valence-electron chi connectivity index (χ2n) is 4.00. The Bertz CT molecular complexity index is 157. The summed E-state index contributed by atoms with van der Waals surface area (Å²) >= 11 is 0. The summed E-state index contributed by atoms with van der Waals surface area (Å²) in [6.45, 7) is 8.19. The molecule has 0 radical (unpaired) electrons. The first-order chi connectivity index (χ1) is 5.97. The Balaban J connectivity index is 3.86. The van der Waals surface area contributed by atoms with Gasteiger partial charge >= 0.3 is 5.97 Å². The lowest BCUT2D eigenvalue weighted by Crippen LogP contribution is -2.42. The third-order valence-corrected chi connectivity index (χ3v) is 2.02. The van der Waals surface area contributed by atoms with Gasteiger partial charge in [-0.05, 0) is 25.7 Å². The summed E-state index contributed by atoms with van der Waals surface area (Å²) < 4.78 is 0. The maximum absolute atomic E-state index is 10.7. The van der Waals surface area contributed by atoms with Gasteiger partial charge in [-0.1, -0.05) is 20.8 Å². The molecule has 0 aliphatic carbocycles. The van der Waals surface area contributed by atoms with E-state index in [0.29, 0.717) is 12.3 Å². The smallest absolute Gasteiger partial charge is 0.320 e. The molecule has 3 nitrogen and oxygen atoms in total. The van der Waals surface area contributed by atoms with Crippen molar-refractivity contribution >= 4 is 5.97 Å². The van der Waals surface area contributed by atoms with Crippen molar-refractivity contribution in [3.05, 3.63) is 0 Å². The highest BCUT2D eigenvalue weighted by molar-refractivity contribution is 5.73. The number of carboxylic acid groups (broad SMARTS) is 1. The molecule has 13 heavy (non-hydrogen) atoms. The molecule has 0 heterocycles. The molecule has 0 aliphatic rings. The number of carbonyl (C=O) groups is 1. The van der Waals surface area contributed by atoms with E-state index in [1.54, 1.807) is 0 Å². The molecule has 2 atom stereocenters. The minimum absolute atomic E-state index is 0.279. The zero-order valence-corrected chi connectivity index (χ0v) is 9.00. The molecule has 0 amide bonds. The van der Waals surface area contributed by atoms with Gasteiger partial charge in [0.25, 0.3) is 0 Å². The number of hydrogen-bond donors (Lipinski definition) is 2. The van der Waals surface area contributed by atoms with E-state index in [9.17, 15) is 4.79 Å². The Labute approximate surface area is 80.5 Å². The molecule has 0 aliphatic heterocycles. The summed E-state index contributed by atoms with van der Waals surface area (Å²) in [6, 6.07) is -0.116. The highest BCUT2D eigenvalue weighted by Gasteiger charge is 2.17. The van der Waals surface area contributed by atoms with Gasteiger partial charge in [0.05, 0.1) is 0 Å². The fourth-order valence-electron chi connectivity index (χ4n) is 1.48. The van der Waals surface area contributed by atoms with Crippen molar-refractivity contribution < 1.29 is 9.90 Å². The minimum Gasteiger partial charge on any atom is -0.480 e. The summed E-state index contributed by atoms with van der Waals surface area (Å²) in [7, 11) is 0. The largest absolute Gasteiger partial charge is 0.480 e. The van der Waals surface area contributed by atoms with Gasteiger partial charge in [-0.25, -0.2) is 0 Å². The van der Waals surface area contributed by atoms with E-state index in [1.165, 1.54) is 0 Å². The molecule has 78 valence electrons. The van der Waals surface area contributed by atoms with E-state index in [1.807, 2.05) is 13.8 Å².